The quantitative estimate of drug-likeness (QED) is 0.242. The molecule has 0 aliphatic heterocycles. The lowest BCUT2D eigenvalue weighted by Gasteiger charge is -2.23. The van der Waals surface area contributed by atoms with Gasteiger partial charge in [-0.2, -0.15) is 0 Å². The van der Waals surface area contributed by atoms with Gasteiger partial charge in [-0.1, -0.05) is 18.2 Å². The van der Waals surface area contributed by atoms with Crippen molar-refractivity contribution < 1.29 is 34.5 Å². The average Bonchev–Trinajstić information content (AvgIpc) is 3.12. The molecule has 0 spiro atoms. The Hall–Kier alpha value is -3.44. The zero-order valence-electron chi connectivity index (χ0n) is 16.9. The monoisotopic (exact) mass is 434 g/mol. The number of aliphatic carboxylic acids is 2. The van der Waals surface area contributed by atoms with E-state index in [0.717, 1.165) is 10.9 Å². The molecule has 1 heterocycles. The molecule has 0 unspecified atom stereocenters. The van der Waals surface area contributed by atoms with Gasteiger partial charge in [0.1, 0.15) is 18.1 Å². The van der Waals surface area contributed by atoms with Crippen LogP contribution in [0, 0.1) is 0 Å². The molecule has 0 saturated carbocycles. The Bertz CT molecular complexity index is 956. The predicted octanol–water partition coefficient (Wildman–Crippen LogP) is -0.662. The fourth-order valence-electron chi connectivity index (χ4n) is 3.02. The predicted molar refractivity (Wildman–Crippen MR) is 110 cm³/mol. The molecule has 11 nitrogen and oxygen atoms in total. The number of benzene rings is 1. The number of amides is 2. The van der Waals surface area contributed by atoms with Gasteiger partial charge in [0.25, 0.3) is 0 Å². The third-order valence-corrected chi connectivity index (χ3v) is 4.82. The van der Waals surface area contributed by atoms with Gasteiger partial charge in [0.05, 0.1) is 6.10 Å². The Morgan fingerprint density at radius 1 is 1.06 bits per heavy atom. The van der Waals surface area contributed by atoms with Crippen molar-refractivity contribution in [2.45, 2.75) is 50.4 Å². The van der Waals surface area contributed by atoms with Crippen molar-refractivity contribution >= 4 is 34.7 Å². The normalized spacial score (nSPS) is 14.9. The molecule has 0 fully saturated rings. The third-order valence-electron chi connectivity index (χ3n) is 4.82. The number of nitrogens with one attached hydrogen (secondary N) is 3. The highest BCUT2D eigenvalue weighted by atomic mass is 16.4. The van der Waals surface area contributed by atoms with E-state index in [4.69, 9.17) is 10.8 Å². The van der Waals surface area contributed by atoms with Gasteiger partial charge in [0.2, 0.25) is 11.8 Å². The van der Waals surface area contributed by atoms with Gasteiger partial charge in [-0.15, -0.1) is 0 Å². The first-order chi connectivity index (χ1) is 14.6. The van der Waals surface area contributed by atoms with Crippen molar-refractivity contribution in [2.24, 2.45) is 5.73 Å². The number of aliphatic hydroxyl groups is 1. The highest BCUT2D eigenvalue weighted by Gasteiger charge is 2.30. The van der Waals surface area contributed by atoms with Crippen molar-refractivity contribution in [3.63, 3.8) is 0 Å². The van der Waals surface area contributed by atoms with E-state index in [9.17, 15) is 29.4 Å². The lowest BCUT2D eigenvalue weighted by Crippen LogP contribution is -2.56. The molecule has 0 aliphatic rings. The smallest absolute Gasteiger partial charge is 0.326 e. The number of aliphatic hydroxyl groups excluding tert-OH is 1. The molecule has 168 valence electrons. The molecule has 31 heavy (non-hydrogen) atoms. The number of hydrogen-bond donors (Lipinski definition) is 7. The van der Waals surface area contributed by atoms with Crippen molar-refractivity contribution in [1.29, 1.82) is 0 Å². The van der Waals surface area contributed by atoms with E-state index in [1.807, 2.05) is 18.2 Å². The standard InChI is InChI=1S/C20H26N4O7/c1-10(25)17(21)19(29)23-14(6-7-16(26)27)18(28)24-15(20(30)31)8-11-9-22-13-5-3-2-4-12(11)13/h2-5,9-10,14-15,17,22,25H,6-8,21H2,1H3,(H,23,29)(H,24,28)(H,26,27)(H,30,31)/t10-,14+,15+,17+/m1/s1. The summed E-state index contributed by atoms with van der Waals surface area (Å²) in [6.45, 7) is 1.29. The van der Waals surface area contributed by atoms with Crippen molar-refractivity contribution in [3.05, 3.63) is 36.0 Å². The summed E-state index contributed by atoms with van der Waals surface area (Å²) in [5.74, 6) is -4.20. The highest BCUT2D eigenvalue weighted by Crippen LogP contribution is 2.19. The van der Waals surface area contributed by atoms with Crippen LogP contribution in [0.5, 0.6) is 0 Å². The van der Waals surface area contributed by atoms with E-state index >= 15 is 0 Å². The van der Waals surface area contributed by atoms with Crippen LogP contribution < -0.4 is 16.4 Å². The number of para-hydroxylation sites is 1. The Labute approximate surface area is 177 Å². The van der Waals surface area contributed by atoms with Crippen LogP contribution in [0.3, 0.4) is 0 Å². The average molecular weight is 434 g/mol. The van der Waals surface area contributed by atoms with Crippen LogP contribution in [0.4, 0.5) is 0 Å². The van der Waals surface area contributed by atoms with Crippen molar-refractivity contribution in [2.75, 3.05) is 0 Å². The molecule has 8 N–H and O–H groups in total. The van der Waals surface area contributed by atoms with Gasteiger partial charge in [0.15, 0.2) is 0 Å². The van der Waals surface area contributed by atoms with Gasteiger partial charge in [-0.25, -0.2) is 4.79 Å². The fraction of sp³-hybridized carbons (Fsp3) is 0.400. The number of aromatic nitrogens is 1. The molecule has 0 bridgehead atoms. The number of nitrogens with two attached hydrogens (primary N) is 1. The SMILES string of the molecule is C[C@@H](O)[C@H](N)C(=O)N[C@@H](CCC(=O)O)C(=O)N[C@@H](Cc1c[nH]c2ccccc12)C(=O)O. The first-order valence-corrected chi connectivity index (χ1v) is 9.64. The van der Waals surface area contributed by atoms with Crippen molar-refractivity contribution in [3.8, 4) is 0 Å². The number of carboxylic acids is 2. The largest absolute Gasteiger partial charge is 0.481 e. The Morgan fingerprint density at radius 2 is 1.71 bits per heavy atom. The Morgan fingerprint density at radius 3 is 2.32 bits per heavy atom. The summed E-state index contributed by atoms with van der Waals surface area (Å²) in [4.78, 5) is 50.5. The van der Waals surface area contributed by atoms with Crippen LogP contribution in [-0.2, 0) is 25.6 Å². The van der Waals surface area contributed by atoms with Crippen LogP contribution in [0.25, 0.3) is 10.9 Å². The molecule has 1 aromatic carbocycles. The minimum absolute atomic E-state index is 0.0299. The summed E-state index contributed by atoms with van der Waals surface area (Å²) in [5, 5.41) is 33.4. The molecule has 2 aromatic rings. The van der Waals surface area contributed by atoms with Crippen LogP contribution in [-0.4, -0.2) is 68.3 Å². The Kier molecular flexibility index (Phi) is 8.11. The number of carbonyl (C=O) groups excluding carboxylic acids is 2. The number of aromatic amines is 1. The van der Waals surface area contributed by atoms with E-state index in [1.165, 1.54) is 6.92 Å². The lowest BCUT2D eigenvalue weighted by atomic mass is 10.0. The lowest BCUT2D eigenvalue weighted by molar-refractivity contribution is -0.143. The third kappa shape index (κ3) is 6.52. The molecule has 1 aromatic heterocycles. The van der Waals surface area contributed by atoms with Crippen molar-refractivity contribution in [1.82, 2.24) is 15.6 Å². The molecular weight excluding hydrogens is 408 g/mol. The maximum atomic E-state index is 12.7. The van der Waals surface area contributed by atoms with Gasteiger partial charge in [-0.3, -0.25) is 14.4 Å². The first-order valence-electron chi connectivity index (χ1n) is 9.64. The Balaban J connectivity index is 2.15. The minimum atomic E-state index is -1.33. The second-order valence-corrected chi connectivity index (χ2v) is 7.22. The summed E-state index contributed by atoms with van der Waals surface area (Å²) in [6, 6.07) is 3.29. The van der Waals surface area contributed by atoms with Crippen LogP contribution in [0.1, 0.15) is 25.3 Å². The summed E-state index contributed by atoms with van der Waals surface area (Å²) < 4.78 is 0. The summed E-state index contributed by atoms with van der Waals surface area (Å²) >= 11 is 0. The summed E-state index contributed by atoms with van der Waals surface area (Å²) in [5.41, 5.74) is 7.03. The van der Waals surface area contributed by atoms with Crippen LogP contribution in [0.15, 0.2) is 30.5 Å². The number of rotatable bonds is 11. The summed E-state index contributed by atoms with van der Waals surface area (Å²) in [6.07, 6.45) is -0.297. The van der Waals surface area contributed by atoms with E-state index in [0.29, 0.717) is 5.56 Å². The van der Waals surface area contributed by atoms with Crippen LogP contribution >= 0.6 is 0 Å². The van der Waals surface area contributed by atoms with Crippen LogP contribution in [0.2, 0.25) is 0 Å². The molecule has 0 saturated heterocycles. The number of fused-ring (bicyclic) bond motifs is 1. The zero-order valence-corrected chi connectivity index (χ0v) is 16.9. The molecule has 11 heteroatoms. The number of H-pyrrole nitrogens is 1. The van der Waals surface area contributed by atoms with E-state index in [2.05, 4.69) is 15.6 Å². The molecule has 0 aliphatic carbocycles. The first kappa shape index (κ1) is 23.8. The molecular formula is C20H26N4O7. The highest BCUT2D eigenvalue weighted by molar-refractivity contribution is 5.92. The fourth-order valence-corrected chi connectivity index (χ4v) is 3.02. The number of carbonyl (C=O) groups is 4. The van der Waals surface area contributed by atoms with E-state index in [1.54, 1.807) is 12.3 Å². The van der Waals surface area contributed by atoms with Gasteiger partial charge in [-0.05, 0) is 25.0 Å². The van der Waals surface area contributed by atoms with Gasteiger partial charge < -0.3 is 36.7 Å². The molecule has 2 rings (SSSR count). The molecule has 2 amide bonds. The maximum Gasteiger partial charge on any atom is 0.326 e. The maximum absolute atomic E-state index is 12.7. The second-order valence-electron chi connectivity index (χ2n) is 7.22. The van der Waals surface area contributed by atoms with Gasteiger partial charge >= 0.3 is 11.9 Å². The molecule has 4 atom stereocenters. The zero-order chi connectivity index (χ0) is 23.1. The van der Waals surface area contributed by atoms with Gasteiger partial charge in [0, 0.05) is 29.9 Å². The second kappa shape index (κ2) is 10.5. The summed E-state index contributed by atoms with van der Waals surface area (Å²) in [7, 11) is 0. The topological polar surface area (TPSA) is 195 Å². The van der Waals surface area contributed by atoms with E-state index < -0.39 is 54.4 Å². The minimum Gasteiger partial charge on any atom is -0.481 e. The number of hydrogen-bond acceptors (Lipinski definition) is 6. The van der Waals surface area contributed by atoms with E-state index in [-0.39, 0.29) is 12.8 Å². The number of carboxylic acid groups (broad SMARTS) is 2. The molecule has 0 radical (unpaired) electrons.